The molecule has 0 aliphatic carbocycles. The highest BCUT2D eigenvalue weighted by molar-refractivity contribution is 7.99. The first-order chi connectivity index (χ1) is 9.85. The van der Waals surface area contributed by atoms with Crippen LogP contribution in [-0.4, -0.2) is 29.3 Å². The highest BCUT2D eigenvalue weighted by Crippen LogP contribution is 2.15. The number of nitriles is 1. The van der Waals surface area contributed by atoms with Gasteiger partial charge in [0.2, 0.25) is 5.91 Å². The Morgan fingerprint density at radius 1 is 1.33 bits per heavy atom. The molecule has 0 unspecified atom stereocenters. The quantitative estimate of drug-likeness (QED) is 0.804. The van der Waals surface area contributed by atoms with Crippen molar-refractivity contribution >= 4 is 23.6 Å². The van der Waals surface area contributed by atoms with Crippen molar-refractivity contribution in [1.82, 2.24) is 5.32 Å². The largest absolute Gasteiger partial charge is 0.481 e. The molecule has 5 nitrogen and oxygen atoms in total. The Morgan fingerprint density at radius 3 is 2.48 bits per heavy atom. The van der Waals surface area contributed by atoms with Crippen LogP contribution in [0.2, 0.25) is 0 Å². The number of nitrogens with one attached hydrogen (secondary N) is 1. The van der Waals surface area contributed by atoms with Crippen LogP contribution in [0, 0.1) is 16.7 Å². The van der Waals surface area contributed by atoms with Crippen LogP contribution in [0.3, 0.4) is 0 Å². The zero-order chi connectivity index (χ0) is 15.9. The van der Waals surface area contributed by atoms with Gasteiger partial charge in [0.25, 0.3) is 0 Å². The smallest absolute Gasteiger partial charge is 0.310 e. The van der Waals surface area contributed by atoms with Crippen molar-refractivity contribution in [2.45, 2.75) is 19.6 Å². The molecule has 2 N–H and O–H groups in total. The predicted octanol–water partition coefficient (Wildman–Crippen LogP) is 2.02. The molecular formula is C15H18N2O3S. The third-order valence-corrected chi connectivity index (χ3v) is 3.90. The van der Waals surface area contributed by atoms with Crippen molar-refractivity contribution < 1.29 is 14.7 Å². The van der Waals surface area contributed by atoms with Gasteiger partial charge in [-0.2, -0.15) is 5.26 Å². The molecule has 0 spiro atoms. The standard InChI is InChI=1S/C15H18N2O3S/c1-15(2,14(19)20)10-17-13(18)9-21-8-12-5-3-11(7-16)4-6-12/h3-6H,8-10H2,1-2H3,(H,17,18)(H,19,20). The summed E-state index contributed by atoms with van der Waals surface area (Å²) in [4.78, 5) is 22.5. The Bertz CT molecular complexity index is 547. The topological polar surface area (TPSA) is 90.2 Å². The summed E-state index contributed by atoms with van der Waals surface area (Å²) in [5.74, 6) is -0.173. The van der Waals surface area contributed by atoms with Gasteiger partial charge in [0.05, 0.1) is 22.8 Å². The lowest BCUT2D eigenvalue weighted by Crippen LogP contribution is -2.39. The van der Waals surface area contributed by atoms with Gasteiger partial charge in [0.15, 0.2) is 0 Å². The van der Waals surface area contributed by atoms with Gasteiger partial charge in [-0.15, -0.1) is 11.8 Å². The van der Waals surface area contributed by atoms with Gasteiger partial charge in [0.1, 0.15) is 0 Å². The molecule has 0 saturated heterocycles. The molecular weight excluding hydrogens is 288 g/mol. The van der Waals surface area contributed by atoms with E-state index in [1.807, 2.05) is 18.2 Å². The number of hydrogen-bond donors (Lipinski definition) is 2. The normalized spacial score (nSPS) is 10.7. The molecule has 112 valence electrons. The van der Waals surface area contributed by atoms with E-state index in [-0.39, 0.29) is 18.2 Å². The highest BCUT2D eigenvalue weighted by Gasteiger charge is 2.27. The number of carbonyl (C=O) groups excluding carboxylic acids is 1. The van der Waals surface area contributed by atoms with E-state index in [1.54, 1.807) is 26.0 Å². The summed E-state index contributed by atoms with van der Waals surface area (Å²) in [6.45, 7) is 3.25. The minimum absolute atomic E-state index is 0.110. The van der Waals surface area contributed by atoms with E-state index in [4.69, 9.17) is 10.4 Å². The minimum Gasteiger partial charge on any atom is -0.481 e. The van der Waals surface area contributed by atoms with E-state index in [1.165, 1.54) is 11.8 Å². The van der Waals surface area contributed by atoms with E-state index < -0.39 is 11.4 Å². The number of carboxylic acid groups (broad SMARTS) is 1. The molecule has 6 heteroatoms. The van der Waals surface area contributed by atoms with E-state index in [0.717, 1.165) is 5.56 Å². The fourth-order valence-electron chi connectivity index (χ4n) is 1.38. The first kappa shape index (κ1) is 17.1. The molecule has 21 heavy (non-hydrogen) atoms. The molecule has 0 aliphatic heterocycles. The number of hydrogen-bond acceptors (Lipinski definition) is 4. The lowest BCUT2D eigenvalue weighted by molar-refractivity contribution is -0.146. The summed E-state index contributed by atoms with van der Waals surface area (Å²) in [6, 6.07) is 9.25. The van der Waals surface area contributed by atoms with Crippen LogP contribution in [0.15, 0.2) is 24.3 Å². The Kier molecular flexibility index (Phi) is 6.25. The summed E-state index contributed by atoms with van der Waals surface area (Å²) in [6.07, 6.45) is 0. The lowest BCUT2D eigenvalue weighted by atomic mass is 9.94. The SMILES string of the molecule is CC(C)(CNC(=O)CSCc1ccc(C#N)cc1)C(=O)O. The Morgan fingerprint density at radius 2 is 1.95 bits per heavy atom. The average molecular weight is 306 g/mol. The fraction of sp³-hybridized carbons (Fsp3) is 0.400. The molecule has 1 aromatic carbocycles. The van der Waals surface area contributed by atoms with Crippen molar-refractivity contribution in [1.29, 1.82) is 5.26 Å². The van der Waals surface area contributed by atoms with Crippen LogP contribution < -0.4 is 5.32 Å². The maximum absolute atomic E-state index is 11.6. The van der Waals surface area contributed by atoms with Gasteiger partial charge in [-0.05, 0) is 31.5 Å². The number of rotatable bonds is 7. The Labute approximate surface area is 128 Å². The van der Waals surface area contributed by atoms with E-state index in [2.05, 4.69) is 5.32 Å². The number of aliphatic carboxylic acids is 1. The zero-order valence-electron chi connectivity index (χ0n) is 12.0. The molecule has 0 heterocycles. The second kappa shape index (κ2) is 7.70. The summed E-state index contributed by atoms with van der Waals surface area (Å²) in [5, 5.41) is 20.3. The molecule has 0 saturated carbocycles. The maximum Gasteiger partial charge on any atom is 0.310 e. The van der Waals surface area contributed by atoms with Gasteiger partial charge in [0, 0.05) is 12.3 Å². The van der Waals surface area contributed by atoms with Crippen molar-refractivity contribution in [3.63, 3.8) is 0 Å². The predicted molar refractivity (Wildman–Crippen MR) is 81.7 cm³/mol. The van der Waals surface area contributed by atoms with Crippen LogP contribution in [0.1, 0.15) is 25.0 Å². The zero-order valence-corrected chi connectivity index (χ0v) is 12.9. The van der Waals surface area contributed by atoms with Crippen molar-refractivity contribution in [2.75, 3.05) is 12.3 Å². The maximum atomic E-state index is 11.6. The van der Waals surface area contributed by atoms with Gasteiger partial charge >= 0.3 is 5.97 Å². The number of thioether (sulfide) groups is 1. The summed E-state index contributed by atoms with van der Waals surface area (Å²) in [5.41, 5.74) is 0.683. The summed E-state index contributed by atoms with van der Waals surface area (Å²) >= 11 is 1.44. The molecule has 0 aliphatic rings. The molecule has 0 aromatic heterocycles. The van der Waals surface area contributed by atoms with Crippen LogP contribution in [0.4, 0.5) is 0 Å². The number of benzene rings is 1. The van der Waals surface area contributed by atoms with Gasteiger partial charge in [-0.1, -0.05) is 12.1 Å². The number of carboxylic acids is 1. The van der Waals surface area contributed by atoms with Gasteiger partial charge in [-0.3, -0.25) is 9.59 Å². The first-order valence-electron chi connectivity index (χ1n) is 6.42. The average Bonchev–Trinajstić information content (AvgIpc) is 2.46. The van der Waals surface area contributed by atoms with Crippen molar-refractivity contribution in [2.24, 2.45) is 5.41 Å². The minimum atomic E-state index is -0.965. The van der Waals surface area contributed by atoms with Gasteiger partial charge < -0.3 is 10.4 Å². The van der Waals surface area contributed by atoms with E-state index in [9.17, 15) is 9.59 Å². The number of carbonyl (C=O) groups is 2. The molecule has 0 fully saturated rings. The van der Waals surface area contributed by atoms with Crippen LogP contribution in [0.25, 0.3) is 0 Å². The first-order valence-corrected chi connectivity index (χ1v) is 7.57. The summed E-state index contributed by atoms with van der Waals surface area (Å²) in [7, 11) is 0. The molecule has 1 rings (SSSR count). The van der Waals surface area contributed by atoms with Gasteiger partial charge in [-0.25, -0.2) is 0 Å². The van der Waals surface area contributed by atoms with Crippen molar-refractivity contribution in [3.05, 3.63) is 35.4 Å². The van der Waals surface area contributed by atoms with E-state index in [0.29, 0.717) is 11.3 Å². The lowest BCUT2D eigenvalue weighted by Gasteiger charge is -2.19. The number of nitrogens with zero attached hydrogens (tertiary/aromatic N) is 1. The Hall–Kier alpha value is -2.00. The fourth-order valence-corrected chi connectivity index (χ4v) is 2.20. The third-order valence-electron chi connectivity index (χ3n) is 2.89. The highest BCUT2D eigenvalue weighted by atomic mass is 32.2. The molecule has 0 radical (unpaired) electrons. The van der Waals surface area contributed by atoms with Crippen LogP contribution >= 0.6 is 11.8 Å². The third kappa shape index (κ3) is 5.88. The van der Waals surface area contributed by atoms with Crippen molar-refractivity contribution in [3.8, 4) is 6.07 Å². The van der Waals surface area contributed by atoms with Crippen LogP contribution in [-0.2, 0) is 15.3 Å². The molecule has 0 atom stereocenters. The number of amides is 1. The second-order valence-corrected chi connectivity index (χ2v) is 6.25. The molecule has 1 amide bonds. The van der Waals surface area contributed by atoms with Crippen LogP contribution in [0.5, 0.6) is 0 Å². The second-order valence-electron chi connectivity index (χ2n) is 5.27. The van der Waals surface area contributed by atoms with E-state index >= 15 is 0 Å². The Balaban J connectivity index is 2.30. The molecule has 1 aromatic rings. The molecule has 0 bridgehead atoms. The monoisotopic (exact) mass is 306 g/mol. The summed E-state index contributed by atoms with van der Waals surface area (Å²) < 4.78 is 0.